The first-order valence-corrected chi connectivity index (χ1v) is 6.81. The van der Waals surface area contributed by atoms with Crippen LogP contribution in [0.5, 0.6) is 5.75 Å². The molecule has 102 valence electrons. The number of hydrogen-bond acceptors (Lipinski definition) is 3. The van der Waals surface area contributed by atoms with Crippen molar-refractivity contribution in [3.63, 3.8) is 0 Å². The number of aryl methyl sites for hydroxylation is 1. The van der Waals surface area contributed by atoms with Crippen molar-refractivity contribution in [2.24, 2.45) is 5.73 Å². The van der Waals surface area contributed by atoms with E-state index in [0.29, 0.717) is 19.8 Å². The topological polar surface area (TPSA) is 44.5 Å². The lowest BCUT2D eigenvalue weighted by atomic mass is 10.2. The number of benzene rings is 1. The summed E-state index contributed by atoms with van der Waals surface area (Å²) < 4.78 is 11.1. The standard InChI is InChI=1S/C15H25NO2/c1-3-13-7-5-8-15(11-13)18-10-6-9-17-12-14(16)4-2/h5,7-8,11,14H,3-4,6,9-10,12,16H2,1-2H3. The molecule has 1 aromatic carbocycles. The van der Waals surface area contributed by atoms with Crippen molar-refractivity contribution in [2.45, 2.75) is 39.2 Å². The molecule has 0 amide bonds. The van der Waals surface area contributed by atoms with Crippen LogP contribution in [0.1, 0.15) is 32.3 Å². The minimum Gasteiger partial charge on any atom is -0.493 e. The second kappa shape index (κ2) is 8.95. The van der Waals surface area contributed by atoms with Gasteiger partial charge in [-0.3, -0.25) is 0 Å². The summed E-state index contributed by atoms with van der Waals surface area (Å²) in [4.78, 5) is 0. The summed E-state index contributed by atoms with van der Waals surface area (Å²) in [6, 6.07) is 8.39. The molecule has 0 aliphatic carbocycles. The van der Waals surface area contributed by atoms with Gasteiger partial charge in [0.15, 0.2) is 0 Å². The van der Waals surface area contributed by atoms with E-state index in [4.69, 9.17) is 15.2 Å². The largest absolute Gasteiger partial charge is 0.493 e. The minimum atomic E-state index is 0.159. The molecule has 3 nitrogen and oxygen atoms in total. The summed E-state index contributed by atoms with van der Waals surface area (Å²) in [5.41, 5.74) is 7.06. The van der Waals surface area contributed by atoms with Crippen LogP contribution in [0.4, 0.5) is 0 Å². The van der Waals surface area contributed by atoms with Gasteiger partial charge in [-0.2, -0.15) is 0 Å². The van der Waals surface area contributed by atoms with Gasteiger partial charge in [0.25, 0.3) is 0 Å². The summed E-state index contributed by atoms with van der Waals surface area (Å²) >= 11 is 0. The average Bonchev–Trinajstić information content (AvgIpc) is 2.42. The van der Waals surface area contributed by atoms with Gasteiger partial charge in [0.2, 0.25) is 0 Å². The quantitative estimate of drug-likeness (QED) is 0.686. The molecule has 1 aromatic rings. The molecule has 1 rings (SSSR count). The second-order valence-electron chi connectivity index (χ2n) is 4.45. The summed E-state index contributed by atoms with van der Waals surface area (Å²) in [5.74, 6) is 0.944. The van der Waals surface area contributed by atoms with Gasteiger partial charge in [-0.1, -0.05) is 26.0 Å². The Morgan fingerprint density at radius 1 is 1.22 bits per heavy atom. The van der Waals surface area contributed by atoms with Crippen molar-refractivity contribution in [2.75, 3.05) is 19.8 Å². The fourth-order valence-corrected chi connectivity index (χ4v) is 1.56. The van der Waals surface area contributed by atoms with Crippen LogP contribution in [0.2, 0.25) is 0 Å². The lowest BCUT2D eigenvalue weighted by molar-refractivity contribution is 0.107. The van der Waals surface area contributed by atoms with Gasteiger partial charge >= 0.3 is 0 Å². The lowest BCUT2D eigenvalue weighted by Gasteiger charge is -2.10. The molecule has 0 saturated heterocycles. The van der Waals surface area contributed by atoms with Crippen molar-refractivity contribution in [3.8, 4) is 5.75 Å². The van der Waals surface area contributed by atoms with E-state index in [9.17, 15) is 0 Å². The van der Waals surface area contributed by atoms with Gasteiger partial charge in [-0.25, -0.2) is 0 Å². The third kappa shape index (κ3) is 6.03. The van der Waals surface area contributed by atoms with Crippen molar-refractivity contribution < 1.29 is 9.47 Å². The SMILES string of the molecule is CCc1cccc(OCCCOCC(N)CC)c1. The van der Waals surface area contributed by atoms with Gasteiger partial charge in [-0.15, -0.1) is 0 Å². The highest BCUT2D eigenvalue weighted by Gasteiger charge is 1.99. The molecule has 0 aliphatic rings. The normalized spacial score (nSPS) is 12.4. The highest BCUT2D eigenvalue weighted by atomic mass is 16.5. The van der Waals surface area contributed by atoms with Crippen LogP contribution >= 0.6 is 0 Å². The van der Waals surface area contributed by atoms with E-state index in [1.54, 1.807) is 0 Å². The molecule has 18 heavy (non-hydrogen) atoms. The molecule has 2 N–H and O–H groups in total. The second-order valence-corrected chi connectivity index (χ2v) is 4.45. The molecule has 1 unspecified atom stereocenters. The average molecular weight is 251 g/mol. The van der Waals surface area contributed by atoms with Crippen molar-refractivity contribution in [1.29, 1.82) is 0 Å². The zero-order valence-electron chi connectivity index (χ0n) is 11.5. The van der Waals surface area contributed by atoms with Crippen LogP contribution in [-0.4, -0.2) is 25.9 Å². The first kappa shape index (κ1) is 15.0. The smallest absolute Gasteiger partial charge is 0.119 e. The molecular weight excluding hydrogens is 226 g/mol. The zero-order valence-corrected chi connectivity index (χ0v) is 11.5. The maximum absolute atomic E-state index is 5.75. The Hall–Kier alpha value is -1.06. The molecular formula is C15H25NO2. The van der Waals surface area contributed by atoms with Crippen LogP contribution < -0.4 is 10.5 Å². The highest BCUT2D eigenvalue weighted by molar-refractivity contribution is 5.28. The molecule has 0 aliphatic heterocycles. The van der Waals surface area contributed by atoms with Gasteiger partial charge in [-0.05, 0) is 30.5 Å². The monoisotopic (exact) mass is 251 g/mol. The molecule has 0 fully saturated rings. The fraction of sp³-hybridized carbons (Fsp3) is 0.600. The molecule has 0 radical (unpaired) electrons. The first-order chi connectivity index (χ1) is 8.76. The van der Waals surface area contributed by atoms with Crippen LogP contribution in [0.3, 0.4) is 0 Å². The molecule has 0 aromatic heterocycles. The molecule has 0 saturated carbocycles. The Kier molecular flexibility index (Phi) is 7.46. The Morgan fingerprint density at radius 3 is 2.78 bits per heavy atom. The predicted octanol–water partition coefficient (Wildman–Crippen LogP) is 2.77. The summed E-state index contributed by atoms with van der Waals surface area (Å²) in [5, 5.41) is 0. The zero-order chi connectivity index (χ0) is 13.2. The van der Waals surface area contributed by atoms with Crippen LogP contribution in [0, 0.1) is 0 Å². The number of nitrogens with two attached hydrogens (primary N) is 1. The van der Waals surface area contributed by atoms with Crippen molar-refractivity contribution >= 4 is 0 Å². The summed E-state index contributed by atoms with van der Waals surface area (Å²) in [7, 11) is 0. The van der Waals surface area contributed by atoms with Gasteiger partial charge in [0.05, 0.1) is 13.2 Å². The van der Waals surface area contributed by atoms with Crippen LogP contribution in [0.15, 0.2) is 24.3 Å². The van der Waals surface area contributed by atoms with Gasteiger partial charge in [0, 0.05) is 19.1 Å². The summed E-state index contributed by atoms with van der Waals surface area (Å²) in [6.07, 6.45) is 2.89. The van der Waals surface area contributed by atoms with Crippen molar-refractivity contribution in [1.82, 2.24) is 0 Å². The maximum Gasteiger partial charge on any atom is 0.119 e. The lowest BCUT2D eigenvalue weighted by Crippen LogP contribution is -2.25. The number of rotatable bonds is 9. The Labute approximate surface area is 110 Å². The minimum absolute atomic E-state index is 0.159. The van der Waals surface area contributed by atoms with Crippen molar-refractivity contribution in [3.05, 3.63) is 29.8 Å². The molecule has 0 spiro atoms. The van der Waals surface area contributed by atoms with E-state index >= 15 is 0 Å². The number of hydrogen-bond donors (Lipinski definition) is 1. The Balaban J connectivity index is 2.10. The molecule has 0 heterocycles. The van der Waals surface area contributed by atoms with E-state index in [0.717, 1.165) is 25.0 Å². The van der Waals surface area contributed by atoms with Crippen LogP contribution in [-0.2, 0) is 11.2 Å². The molecule has 0 bridgehead atoms. The van der Waals surface area contributed by atoms with Gasteiger partial charge in [0.1, 0.15) is 5.75 Å². The van der Waals surface area contributed by atoms with Gasteiger partial charge < -0.3 is 15.2 Å². The molecule has 1 atom stereocenters. The van der Waals surface area contributed by atoms with E-state index < -0.39 is 0 Å². The third-order valence-corrected chi connectivity index (χ3v) is 2.86. The van der Waals surface area contributed by atoms with Crippen LogP contribution in [0.25, 0.3) is 0 Å². The Bertz CT molecular complexity index is 328. The Morgan fingerprint density at radius 2 is 2.06 bits per heavy atom. The number of ether oxygens (including phenoxy) is 2. The highest BCUT2D eigenvalue weighted by Crippen LogP contribution is 2.13. The predicted molar refractivity (Wildman–Crippen MR) is 75.0 cm³/mol. The van der Waals surface area contributed by atoms with E-state index in [-0.39, 0.29) is 6.04 Å². The van der Waals surface area contributed by atoms with E-state index in [2.05, 4.69) is 26.0 Å². The maximum atomic E-state index is 5.75. The third-order valence-electron chi connectivity index (χ3n) is 2.86. The first-order valence-electron chi connectivity index (χ1n) is 6.81. The van der Waals surface area contributed by atoms with E-state index in [1.165, 1.54) is 5.56 Å². The molecule has 3 heteroatoms. The summed E-state index contributed by atoms with van der Waals surface area (Å²) in [6.45, 7) is 6.25. The van der Waals surface area contributed by atoms with E-state index in [1.807, 2.05) is 12.1 Å². The fourth-order valence-electron chi connectivity index (χ4n) is 1.56.